The number of Topliss-reactive ketones (excluding diaryl/α,β-unsaturated/α-hetero) is 1. The van der Waals surface area contributed by atoms with Crippen molar-refractivity contribution in [2.45, 2.75) is 12.1 Å². The first-order valence-corrected chi connectivity index (χ1v) is 12.3. The molecule has 3 aliphatic heterocycles. The van der Waals surface area contributed by atoms with Gasteiger partial charge in [-0.3, -0.25) is 24.5 Å². The largest absolute Gasteiger partial charge is 0.493 e. The standard InChI is InChI=1S/C29H23N3O7/c1-38-21-11-10-17(14-22(21)39-2)27(33)26-24-23(25-20-9-4-3-6-16(20)12-13-30(25)26)28(34)31(29(24)35)18-7-5-8-19(15-18)32(36)37/h3-15,23-26H,1-2H3/t23-,24-,25-,26+/m1/s1. The minimum atomic E-state index is -1.00. The maximum atomic E-state index is 14.1. The van der Waals surface area contributed by atoms with Gasteiger partial charge in [0.1, 0.15) is 6.04 Å². The van der Waals surface area contributed by atoms with Gasteiger partial charge >= 0.3 is 0 Å². The van der Waals surface area contributed by atoms with Crippen LogP contribution in [0.2, 0.25) is 0 Å². The lowest BCUT2D eigenvalue weighted by Gasteiger charge is -2.35. The summed E-state index contributed by atoms with van der Waals surface area (Å²) in [6.45, 7) is 0. The van der Waals surface area contributed by atoms with E-state index in [-0.39, 0.29) is 17.2 Å². The van der Waals surface area contributed by atoms with E-state index in [0.717, 1.165) is 16.0 Å². The lowest BCUT2D eigenvalue weighted by Crippen LogP contribution is -2.44. The van der Waals surface area contributed by atoms with Gasteiger partial charge in [-0.05, 0) is 41.5 Å². The molecule has 39 heavy (non-hydrogen) atoms. The average Bonchev–Trinajstić information content (AvgIpc) is 3.44. The number of ketones is 1. The van der Waals surface area contributed by atoms with E-state index in [0.29, 0.717) is 17.1 Å². The van der Waals surface area contributed by atoms with Gasteiger partial charge in [0.2, 0.25) is 11.8 Å². The van der Waals surface area contributed by atoms with Crippen LogP contribution in [0.25, 0.3) is 6.08 Å². The van der Waals surface area contributed by atoms with Crippen LogP contribution in [-0.2, 0) is 9.59 Å². The van der Waals surface area contributed by atoms with Crippen molar-refractivity contribution >= 4 is 35.0 Å². The van der Waals surface area contributed by atoms with Crippen LogP contribution in [0.1, 0.15) is 27.5 Å². The number of hydrogen-bond acceptors (Lipinski definition) is 8. The van der Waals surface area contributed by atoms with Crippen LogP contribution >= 0.6 is 0 Å². The molecular weight excluding hydrogens is 502 g/mol. The molecule has 0 radical (unpaired) electrons. The summed E-state index contributed by atoms with van der Waals surface area (Å²) in [6.07, 6.45) is 3.64. The molecule has 0 spiro atoms. The smallest absolute Gasteiger partial charge is 0.271 e. The number of anilines is 1. The van der Waals surface area contributed by atoms with Gasteiger partial charge in [0.15, 0.2) is 17.3 Å². The molecule has 2 saturated heterocycles. The van der Waals surface area contributed by atoms with Gasteiger partial charge < -0.3 is 14.4 Å². The first kappa shape index (κ1) is 24.4. The molecule has 2 amide bonds. The number of benzene rings is 3. The fourth-order valence-electron chi connectivity index (χ4n) is 6.02. The van der Waals surface area contributed by atoms with E-state index in [1.807, 2.05) is 30.3 Å². The fraction of sp³-hybridized carbons (Fsp3) is 0.207. The van der Waals surface area contributed by atoms with Crippen molar-refractivity contribution in [3.8, 4) is 11.5 Å². The van der Waals surface area contributed by atoms with Crippen molar-refractivity contribution in [3.05, 3.63) is 99.7 Å². The second kappa shape index (κ2) is 9.09. The number of hydrogen-bond donors (Lipinski definition) is 0. The van der Waals surface area contributed by atoms with Crippen molar-refractivity contribution in [3.63, 3.8) is 0 Å². The monoisotopic (exact) mass is 525 g/mol. The molecule has 3 heterocycles. The maximum Gasteiger partial charge on any atom is 0.271 e. The molecular formula is C29H23N3O7. The molecule has 10 nitrogen and oxygen atoms in total. The average molecular weight is 526 g/mol. The molecule has 10 heteroatoms. The SMILES string of the molecule is COc1ccc(C(=O)[C@@H]2[C@@H]3C(=O)N(c4cccc([N+](=O)[O-])c4)C(=O)[C@H]3[C@H]3c4ccccc4C=CN23)cc1OC. The first-order valence-electron chi connectivity index (χ1n) is 12.3. The van der Waals surface area contributed by atoms with Crippen molar-refractivity contribution < 1.29 is 28.8 Å². The molecule has 3 aromatic carbocycles. The van der Waals surface area contributed by atoms with Crippen molar-refractivity contribution in [1.82, 2.24) is 4.90 Å². The van der Waals surface area contributed by atoms with Gasteiger partial charge in [0.05, 0.1) is 42.7 Å². The lowest BCUT2D eigenvalue weighted by molar-refractivity contribution is -0.384. The van der Waals surface area contributed by atoms with E-state index < -0.39 is 40.7 Å². The van der Waals surface area contributed by atoms with Gasteiger partial charge in [0.25, 0.3) is 5.69 Å². The molecule has 0 aromatic heterocycles. The normalized spacial score (nSPS) is 22.8. The van der Waals surface area contributed by atoms with Crippen LogP contribution in [0.5, 0.6) is 11.5 Å². The molecule has 3 aliphatic rings. The van der Waals surface area contributed by atoms with Crippen molar-refractivity contribution in [1.29, 1.82) is 0 Å². The zero-order valence-corrected chi connectivity index (χ0v) is 21.0. The Morgan fingerprint density at radius 3 is 2.38 bits per heavy atom. The van der Waals surface area contributed by atoms with E-state index in [4.69, 9.17) is 9.47 Å². The highest BCUT2D eigenvalue weighted by Gasteiger charge is 2.64. The van der Waals surface area contributed by atoms with Crippen LogP contribution in [0, 0.1) is 22.0 Å². The number of amides is 2. The Bertz CT molecular complexity index is 1580. The van der Waals surface area contributed by atoms with Crippen molar-refractivity contribution in [2.75, 3.05) is 19.1 Å². The van der Waals surface area contributed by atoms with Crippen LogP contribution in [0.4, 0.5) is 11.4 Å². The van der Waals surface area contributed by atoms with E-state index in [1.54, 1.807) is 29.3 Å². The summed E-state index contributed by atoms with van der Waals surface area (Å²) >= 11 is 0. The van der Waals surface area contributed by atoms with Crippen LogP contribution < -0.4 is 14.4 Å². The molecule has 196 valence electrons. The second-order valence-electron chi connectivity index (χ2n) is 9.56. The first-order chi connectivity index (χ1) is 18.8. The number of nitro groups is 1. The number of rotatable bonds is 6. The number of non-ortho nitro benzene ring substituents is 1. The Kier molecular flexibility index (Phi) is 5.67. The molecule has 6 rings (SSSR count). The Labute approximate surface area is 223 Å². The van der Waals surface area contributed by atoms with Crippen LogP contribution in [0.3, 0.4) is 0 Å². The summed E-state index contributed by atoms with van der Waals surface area (Å²) in [5.41, 5.74) is 1.90. The quantitative estimate of drug-likeness (QED) is 0.205. The van der Waals surface area contributed by atoms with E-state index in [2.05, 4.69) is 0 Å². The third kappa shape index (κ3) is 3.59. The number of carbonyl (C=O) groups excluding carboxylic acids is 3. The highest BCUT2D eigenvalue weighted by molar-refractivity contribution is 6.24. The highest BCUT2D eigenvalue weighted by Crippen LogP contribution is 2.54. The van der Waals surface area contributed by atoms with Crippen molar-refractivity contribution in [2.24, 2.45) is 11.8 Å². The maximum absolute atomic E-state index is 14.1. The summed E-state index contributed by atoms with van der Waals surface area (Å²) in [4.78, 5) is 55.7. The number of imide groups is 1. The summed E-state index contributed by atoms with van der Waals surface area (Å²) in [7, 11) is 2.96. The van der Waals surface area contributed by atoms with Gasteiger partial charge in [-0.15, -0.1) is 0 Å². The Morgan fingerprint density at radius 2 is 1.64 bits per heavy atom. The fourth-order valence-corrected chi connectivity index (χ4v) is 6.02. The number of methoxy groups -OCH3 is 2. The zero-order valence-electron chi connectivity index (χ0n) is 21.0. The predicted molar refractivity (Wildman–Crippen MR) is 140 cm³/mol. The topological polar surface area (TPSA) is 119 Å². The van der Waals surface area contributed by atoms with E-state index in [9.17, 15) is 24.5 Å². The van der Waals surface area contributed by atoms with Gasteiger partial charge in [-0.1, -0.05) is 30.3 Å². The number of carbonyl (C=O) groups is 3. The Hall–Kier alpha value is -4.99. The third-order valence-corrected chi connectivity index (χ3v) is 7.70. The summed E-state index contributed by atoms with van der Waals surface area (Å²) in [5, 5.41) is 11.4. The second-order valence-corrected chi connectivity index (χ2v) is 9.56. The van der Waals surface area contributed by atoms with Gasteiger partial charge in [0, 0.05) is 23.9 Å². The molecule has 0 aliphatic carbocycles. The van der Waals surface area contributed by atoms with Crippen LogP contribution in [0.15, 0.2) is 72.9 Å². The minimum absolute atomic E-state index is 0.108. The number of ether oxygens (including phenoxy) is 2. The van der Waals surface area contributed by atoms with Gasteiger partial charge in [-0.25, -0.2) is 4.90 Å². The molecule has 0 N–H and O–H groups in total. The predicted octanol–water partition coefficient (Wildman–Crippen LogP) is 4.01. The summed E-state index contributed by atoms with van der Waals surface area (Å²) in [5.74, 6) is -2.46. The molecule has 2 fully saturated rings. The highest BCUT2D eigenvalue weighted by atomic mass is 16.6. The third-order valence-electron chi connectivity index (χ3n) is 7.70. The summed E-state index contributed by atoms with van der Waals surface area (Å²) in [6, 6.07) is 16.2. The molecule has 4 atom stereocenters. The number of fused-ring (bicyclic) bond motifs is 5. The molecule has 3 aromatic rings. The van der Waals surface area contributed by atoms with Gasteiger partial charge in [-0.2, -0.15) is 0 Å². The van der Waals surface area contributed by atoms with E-state index in [1.165, 1.54) is 38.5 Å². The van der Waals surface area contributed by atoms with E-state index >= 15 is 0 Å². The zero-order chi connectivity index (χ0) is 27.4. The molecule has 0 saturated carbocycles. The molecule has 0 bridgehead atoms. The number of nitro benzene ring substituents is 1. The molecule has 0 unspecified atom stereocenters. The Morgan fingerprint density at radius 1 is 0.897 bits per heavy atom. The lowest BCUT2D eigenvalue weighted by atomic mass is 9.83. The number of nitrogens with zero attached hydrogens (tertiary/aromatic N) is 3. The minimum Gasteiger partial charge on any atom is -0.493 e. The Balaban J connectivity index is 1.48. The summed E-state index contributed by atoms with van der Waals surface area (Å²) < 4.78 is 10.7. The van der Waals surface area contributed by atoms with Crippen LogP contribution in [-0.4, -0.2) is 47.7 Å².